The molecule has 4 unspecified atom stereocenters. The van der Waals surface area contributed by atoms with Gasteiger partial charge in [0.2, 0.25) is 11.8 Å². The zero-order valence-electron chi connectivity index (χ0n) is 19.3. The van der Waals surface area contributed by atoms with Crippen molar-refractivity contribution in [1.29, 1.82) is 0 Å². The summed E-state index contributed by atoms with van der Waals surface area (Å²) in [4.78, 5) is 39.8. The van der Waals surface area contributed by atoms with Crippen molar-refractivity contribution >= 4 is 17.9 Å². The lowest BCUT2D eigenvalue weighted by molar-refractivity contribution is -0.134. The van der Waals surface area contributed by atoms with Gasteiger partial charge in [-0.2, -0.15) is 0 Å². The van der Waals surface area contributed by atoms with Gasteiger partial charge in [-0.1, -0.05) is 13.8 Å². The van der Waals surface area contributed by atoms with E-state index in [2.05, 4.69) is 10.6 Å². The van der Waals surface area contributed by atoms with Gasteiger partial charge in [0.1, 0.15) is 5.60 Å². The average Bonchev–Trinajstić information content (AvgIpc) is 3.11. The fourth-order valence-corrected chi connectivity index (χ4v) is 3.07. The Bertz CT molecular complexity index is 568. The highest BCUT2D eigenvalue weighted by atomic mass is 16.6. The second-order valence-corrected chi connectivity index (χ2v) is 9.51. The first-order valence-corrected chi connectivity index (χ1v) is 10.6. The van der Waals surface area contributed by atoms with Crippen molar-refractivity contribution in [3.63, 3.8) is 0 Å². The van der Waals surface area contributed by atoms with Crippen LogP contribution in [0.15, 0.2) is 0 Å². The van der Waals surface area contributed by atoms with Crippen LogP contribution in [0.1, 0.15) is 48.5 Å². The van der Waals surface area contributed by atoms with E-state index in [-0.39, 0.29) is 62.0 Å². The lowest BCUT2D eigenvalue weighted by Crippen LogP contribution is -2.48. The number of amides is 3. The highest BCUT2D eigenvalue weighted by molar-refractivity contribution is 5.90. The van der Waals surface area contributed by atoms with Crippen molar-refractivity contribution in [2.75, 3.05) is 26.3 Å². The van der Waals surface area contributed by atoms with Crippen molar-refractivity contribution in [3.8, 4) is 0 Å². The number of aliphatic hydroxyl groups excluding tert-OH is 2. The summed E-state index contributed by atoms with van der Waals surface area (Å²) in [6.07, 6.45) is -0.566. The summed E-state index contributed by atoms with van der Waals surface area (Å²) < 4.78 is 5.41. The number of hydrogen-bond acceptors (Lipinski definition) is 6. The van der Waals surface area contributed by atoms with E-state index in [1.165, 1.54) is 4.90 Å². The average molecular weight is 430 g/mol. The first-order chi connectivity index (χ1) is 13.8. The zero-order chi connectivity index (χ0) is 23.2. The molecular weight excluding hydrogens is 390 g/mol. The first kappa shape index (κ1) is 26.2. The van der Waals surface area contributed by atoms with E-state index in [4.69, 9.17) is 4.74 Å². The maximum Gasteiger partial charge on any atom is 0.410 e. The molecule has 3 amide bonds. The van der Waals surface area contributed by atoms with Gasteiger partial charge in [-0.15, -0.1) is 0 Å². The zero-order valence-corrected chi connectivity index (χ0v) is 19.3. The number of ether oxygens (including phenoxy) is 1. The van der Waals surface area contributed by atoms with Gasteiger partial charge < -0.3 is 30.5 Å². The van der Waals surface area contributed by atoms with Crippen molar-refractivity contribution in [1.82, 2.24) is 15.5 Å². The number of aliphatic hydroxyl groups is 2. The molecule has 30 heavy (non-hydrogen) atoms. The third kappa shape index (κ3) is 7.43. The largest absolute Gasteiger partial charge is 0.444 e. The molecule has 0 saturated carbocycles. The second-order valence-electron chi connectivity index (χ2n) is 9.51. The molecule has 4 N–H and O–H groups in total. The molecule has 1 heterocycles. The van der Waals surface area contributed by atoms with Crippen LogP contribution in [0.5, 0.6) is 0 Å². The molecule has 0 aliphatic carbocycles. The van der Waals surface area contributed by atoms with Crippen molar-refractivity contribution in [3.05, 3.63) is 0 Å². The van der Waals surface area contributed by atoms with Gasteiger partial charge in [0.15, 0.2) is 0 Å². The number of nitrogens with zero attached hydrogens (tertiary/aromatic N) is 1. The Morgan fingerprint density at radius 3 is 1.57 bits per heavy atom. The standard InChI is InChI=1S/C21H39N3O6/c1-12(10-25)14(3)22-18(27)16-8-24(20(29)30-21(5,6)7)9-17(16)19(28)23-15(4)13(2)11-26/h12-17,25-26H,8-11H2,1-7H3,(H,22,27)(H,23,28)/t12?,13?,14?,15?,16-,17-/m0/s1. The Balaban J connectivity index is 2.99. The van der Waals surface area contributed by atoms with Gasteiger partial charge in [0, 0.05) is 38.4 Å². The Morgan fingerprint density at radius 1 is 0.900 bits per heavy atom. The van der Waals surface area contributed by atoms with Gasteiger partial charge in [0.25, 0.3) is 0 Å². The van der Waals surface area contributed by atoms with Crippen molar-refractivity contribution < 1.29 is 29.3 Å². The van der Waals surface area contributed by atoms with Gasteiger partial charge >= 0.3 is 6.09 Å². The molecule has 1 aliphatic rings. The van der Waals surface area contributed by atoms with Crippen LogP contribution in [-0.4, -0.2) is 77.0 Å². The number of hydrogen-bond donors (Lipinski definition) is 4. The molecule has 0 bridgehead atoms. The maximum atomic E-state index is 12.9. The van der Waals surface area contributed by atoms with Crippen molar-refractivity contribution in [2.24, 2.45) is 23.7 Å². The smallest absolute Gasteiger partial charge is 0.410 e. The Hall–Kier alpha value is -1.87. The Kier molecular flexibility index (Phi) is 9.55. The van der Waals surface area contributed by atoms with E-state index in [1.807, 2.05) is 13.8 Å². The SMILES string of the molecule is CC(CO)C(C)NC(=O)[C@H]1CN(C(=O)OC(C)(C)C)C[C@@H]1C(=O)NC(C)C(C)CO. The van der Waals surface area contributed by atoms with Gasteiger partial charge in [-0.3, -0.25) is 9.59 Å². The topological polar surface area (TPSA) is 128 Å². The summed E-state index contributed by atoms with van der Waals surface area (Å²) in [5.41, 5.74) is -0.689. The quantitative estimate of drug-likeness (QED) is 0.450. The molecule has 0 aromatic heterocycles. The lowest BCUT2D eigenvalue weighted by Gasteiger charge is -2.25. The third-order valence-electron chi connectivity index (χ3n) is 5.67. The summed E-state index contributed by atoms with van der Waals surface area (Å²) in [5, 5.41) is 24.3. The van der Waals surface area contributed by atoms with Crippen LogP contribution >= 0.6 is 0 Å². The van der Waals surface area contributed by atoms with Crippen LogP contribution in [0, 0.1) is 23.7 Å². The fourth-order valence-electron chi connectivity index (χ4n) is 3.07. The minimum absolute atomic E-state index is 0.0724. The Morgan fingerprint density at radius 2 is 1.27 bits per heavy atom. The number of carbonyl (C=O) groups excluding carboxylic acids is 3. The monoisotopic (exact) mass is 429 g/mol. The predicted octanol–water partition coefficient (Wildman–Crippen LogP) is 0.736. The van der Waals surface area contributed by atoms with Gasteiger partial charge in [-0.25, -0.2) is 4.79 Å². The molecular formula is C21H39N3O6. The van der Waals surface area contributed by atoms with Crippen LogP contribution in [0.3, 0.4) is 0 Å². The summed E-state index contributed by atoms with van der Waals surface area (Å²) in [5.74, 6) is -2.43. The summed E-state index contributed by atoms with van der Waals surface area (Å²) in [6.45, 7) is 12.5. The number of likely N-dealkylation sites (tertiary alicyclic amines) is 1. The van der Waals surface area contributed by atoms with Crippen LogP contribution in [0.2, 0.25) is 0 Å². The van der Waals surface area contributed by atoms with Crippen LogP contribution < -0.4 is 10.6 Å². The normalized spacial score (nSPS) is 23.3. The van der Waals surface area contributed by atoms with E-state index < -0.39 is 23.5 Å². The van der Waals surface area contributed by atoms with Crippen LogP contribution in [0.25, 0.3) is 0 Å². The highest BCUT2D eigenvalue weighted by Gasteiger charge is 2.45. The lowest BCUT2D eigenvalue weighted by atomic mass is 9.92. The molecule has 1 saturated heterocycles. The van der Waals surface area contributed by atoms with E-state index in [9.17, 15) is 24.6 Å². The number of rotatable bonds is 8. The molecule has 0 radical (unpaired) electrons. The first-order valence-electron chi connectivity index (χ1n) is 10.6. The van der Waals surface area contributed by atoms with Crippen molar-refractivity contribution in [2.45, 2.75) is 66.2 Å². The molecule has 0 aromatic rings. The minimum atomic E-state index is -0.734. The van der Waals surface area contributed by atoms with E-state index in [1.54, 1.807) is 34.6 Å². The Labute approximate surface area is 179 Å². The van der Waals surface area contributed by atoms with E-state index in [0.29, 0.717) is 0 Å². The second kappa shape index (κ2) is 10.9. The van der Waals surface area contributed by atoms with Gasteiger partial charge in [-0.05, 0) is 46.5 Å². The molecule has 9 nitrogen and oxygen atoms in total. The number of nitrogens with one attached hydrogen (secondary N) is 2. The minimum Gasteiger partial charge on any atom is -0.444 e. The molecule has 6 atom stereocenters. The summed E-state index contributed by atoms with van der Waals surface area (Å²) in [7, 11) is 0. The maximum absolute atomic E-state index is 12.9. The highest BCUT2D eigenvalue weighted by Crippen LogP contribution is 2.27. The summed E-state index contributed by atoms with van der Waals surface area (Å²) in [6, 6.07) is -0.565. The molecule has 1 aliphatic heterocycles. The van der Waals surface area contributed by atoms with Crippen LogP contribution in [0.4, 0.5) is 4.79 Å². The fraction of sp³-hybridized carbons (Fsp3) is 0.857. The van der Waals surface area contributed by atoms with Crippen LogP contribution in [-0.2, 0) is 14.3 Å². The molecule has 1 rings (SSSR count). The van der Waals surface area contributed by atoms with E-state index >= 15 is 0 Å². The summed E-state index contributed by atoms with van der Waals surface area (Å²) >= 11 is 0. The van der Waals surface area contributed by atoms with E-state index in [0.717, 1.165) is 0 Å². The van der Waals surface area contributed by atoms with Gasteiger partial charge in [0.05, 0.1) is 11.8 Å². The molecule has 9 heteroatoms. The molecule has 1 fully saturated rings. The molecule has 0 aromatic carbocycles. The molecule has 174 valence electrons. The third-order valence-corrected chi connectivity index (χ3v) is 5.67. The number of carbonyl (C=O) groups is 3. The molecule has 0 spiro atoms. The predicted molar refractivity (Wildman–Crippen MR) is 112 cm³/mol.